The van der Waals surface area contributed by atoms with Crippen LogP contribution in [0, 0.1) is 11.8 Å². The van der Waals surface area contributed by atoms with Crippen LogP contribution in [0.25, 0.3) is 10.2 Å². The van der Waals surface area contributed by atoms with Crippen molar-refractivity contribution in [2.45, 2.75) is 71.4 Å². The molecule has 6 heteroatoms. The summed E-state index contributed by atoms with van der Waals surface area (Å²) in [7, 11) is 2.21. The zero-order valence-corrected chi connectivity index (χ0v) is 20.7. The fraction of sp³-hybridized carbons (Fsp3) is 0.680. The molecule has 0 aliphatic carbocycles. The fourth-order valence-corrected chi connectivity index (χ4v) is 6.21. The van der Waals surface area contributed by atoms with Crippen molar-refractivity contribution >= 4 is 27.6 Å². The predicted molar refractivity (Wildman–Crippen MR) is 128 cm³/mol. The number of carbonyl (C=O) groups is 1. The van der Waals surface area contributed by atoms with Gasteiger partial charge in [-0.2, -0.15) is 0 Å². The van der Waals surface area contributed by atoms with Crippen LogP contribution in [0.5, 0.6) is 0 Å². The van der Waals surface area contributed by atoms with Crippen molar-refractivity contribution in [3.05, 3.63) is 28.8 Å². The van der Waals surface area contributed by atoms with Gasteiger partial charge in [0.15, 0.2) is 0 Å². The Labute approximate surface area is 190 Å². The Morgan fingerprint density at radius 1 is 1.13 bits per heavy atom. The molecule has 2 aliphatic rings. The molecule has 1 amide bonds. The number of amides is 1. The molecule has 4 rings (SSSR count). The highest BCUT2D eigenvalue weighted by Gasteiger charge is 2.34. The molecule has 0 saturated carbocycles. The standard InChI is InChI=1S/C25H37N3O2S/c1-16-7-9-21(28(14-16)24(29)30-25(3,4)5)18-8-10-22-20(12-18)26-23(31-22)19-11-17(2)13-27(6)15-19/h8,10,12,16-17,19,21H,7,9,11,13-15H2,1-6H3/t16-,17-,19-,21-/m0/s1. The van der Waals surface area contributed by atoms with E-state index < -0.39 is 5.60 Å². The van der Waals surface area contributed by atoms with Gasteiger partial charge in [-0.25, -0.2) is 9.78 Å². The van der Waals surface area contributed by atoms with E-state index in [1.165, 1.54) is 28.2 Å². The van der Waals surface area contributed by atoms with Gasteiger partial charge >= 0.3 is 6.09 Å². The Bertz CT molecular complexity index is 924. The van der Waals surface area contributed by atoms with Crippen LogP contribution in [-0.4, -0.2) is 53.2 Å². The number of carbonyl (C=O) groups excluding carboxylic acids is 1. The van der Waals surface area contributed by atoms with Crippen LogP contribution in [0.3, 0.4) is 0 Å². The molecule has 4 atom stereocenters. The third kappa shape index (κ3) is 5.23. The minimum atomic E-state index is -0.486. The lowest BCUT2D eigenvalue weighted by Crippen LogP contribution is -2.44. The van der Waals surface area contributed by atoms with E-state index >= 15 is 0 Å². The van der Waals surface area contributed by atoms with E-state index in [4.69, 9.17) is 9.72 Å². The zero-order chi connectivity index (χ0) is 22.3. The molecule has 31 heavy (non-hydrogen) atoms. The monoisotopic (exact) mass is 443 g/mol. The van der Waals surface area contributed by atoms with E-state index in [1.54, 1.807) is 0 Å². The zero-order valence-electron chi connectivity index (χ0n) is 19.9. The third-order valence-electron chi connectivity index (χ3n) is 6.45. The van der Waals surface area contributed by atoms with Gasteiger partial charge in [-0.15, -0.1) is 11.3 Å². The quantitative estimate of drug-likeness (QED) is 0.566. The minimum absolute atomic E-state index is 0.0569. The van der Waals surface area contributed by atoms with E-state index in [9.17, 15) is 4.79 Å². The van der Waals surface area contributed by atoms with Crippen LogP contribution in [0.15, 0.2) is 18.2 Å². The summed E-state index contributed by atoms with van der Waals surface area (Å²) >= 11 is 1.84. The number of likely N-dealkylation sites (tertiary alicyclic amines) is 2. The molecular formula is C25H37N3O2S. The van der Waals surface area contributed by atoms with Gasteiger partial charge in [0.2, 0.25) is 0 Å². The first-order valence-electron chi connectivity index (χ1n) is 11.7. The number of fused-ring (bicyclic) bond motifs is 1. The SMILES string of the molecule is C[C@H]1C[C@H](c2nc3cc([C@@H]4CC[C@H](C)CN4C(=O)OC(C)(C)C)ccc3s2)CN(C)C1. The Morgan fingerprint density at radius 2 is 1.90 bits per heavy atom. The van der Waals surface area contributed by atoms with Crippen molar-refractivity contribution in [3.63, 3.8) is 0 Å². The maximum absolute atomic E-state index is 13.0. The van der Waals surface area contributed by atoms with Gasteiger partial charge in [0.05, 0.1) is 21.3 Å². The average Bonchev–Trinajstić information content (AvgIpc) is 3.09. The molecule has 1 aromatic heterocycles. The first-order valence-corrected chi connectivity index (χ1v) is 12.5. The lowest BCUT2D eigenvalue weighted by atomic mass is 9.90. The van der Waals surface area contributed by atoms with Crippen LogP contribution < -0.4 is 0 Å². The maximum Gasteiger partial charge on any atom is 0.410 e. The number of ether oxygens (including phenoxy) is 1. The van der Waals surface area contributed by atoms with Gasteiger partial charge in [0.1, 0.15) is 5.60 Å². The van der Waals surface area contributed by atoms with Crippen molar-refractivity contribution in [1.29, 1.82) is 0 Å². The molecule has 5 nitrogen and oxygen atoms in total. The lowest BCUT2D eigenvalue weighted by molar-refractivity contribution is 0.00365. The van der Waals surface area contributed by atoms with Gasteiger partial charge in [0, 0.05) is 25.6 Å². The summed E-state index contributed by atoms with van der Waals surface area (Å²) in [5.74, 6) is 1.71. The second-order valence-corrected chi connectivity index (χ2v) is 11.9. The molecule has 2 fully saturated rings. The molecule has 0 N–H and O–H groups in total. The van der Waals surface area contributed by atoms with E-state index in [1.807, 2.05) is 37.0 Å². The Hall–Kier alpha value is -1.66. The first kappa shape index (κ1) is 22.5. The molecule has 2 saturated heterocycles. The Morgan fingerprint density at radius 3 is 2.61 bits per heavy atom. The summed E-state index contributed by atoms with van der Waals surface area (Å²) in [6.07, 6.45) is 3.09. The van der Waals surface area contributed by atoms with Gasteiger partial charge in [-0.05, 0) is 76.6 Å². The Balaban J connectivity index is 1.59. The molecule has 0 radical (unpaired) electrons. The molecule has 3 heterocycles. The first-order chi connectivity index (χ1) is 14.6. The normalized spacial score (nSPS) is 28.1. The second-order valence-electron chi connectivity index (χ2n) is 10.9. The molecular weight excluding hydrogens is 406 g/mol. The van der Waals surface area contributed by atoms with Crippen molar-refractivity contribution in [3.8, 4) is 0 Å². The maximum atomic E-state index is 13.0. The summed E-state index contributed by atoms with van der Waals surface area (Å²) in [5.41, 5.74) is 1.76. The van der Waals surface area contributed by atoms with Crippen molar-refractivity contribution in [1.82, 2.24) is 14.8 Å². The largest absolute Gasteiger partial charge is 0.444 e. The van der Waals surface area contributed by atoms with Crippen LogP contribution in [0.2, 0.25) is 0 Å². The number of aromatic nitrogens is 1. The number of hydrogen-bond donors (Lipinski definition) is 0. The molecule has 170 valence electrons. The minimum Gasteiger partial charge on any atom is -0.444 e. The Kier molecular flexibility index (Phi) is 6.32. The number of hydrogen-bond acceptors (Lipinski definition) is 5. The molecule has 1 aromatic carbocycles. The van der Waals surface area contributed by atoms with Crippen molar-refractivity contribution in [2.24, 2.45) is 11.8 Å². The molecule has 2 aliphatic heterocycles. The van der Waals surface area contributed by atoms with Crippen LogP contribution in [0.4, 0.5) is 4.79 Å². The summed E-state index contributed by atoms with van der Waals surface area (Å²) in [6, 6.07) is 6.66. The molecule has 0 spiro atoms. The lowest BCUT2D eigenvalue weighted by Gasteiger charge is -2.39. The van der Waals surface area contributed by atoms with E-state index in [2.05, 4.69) is 44.0 Å². The smallest absolute Gasteiger partial charge is 0.410 e. The predicted octanol–water partition coefficient (Wildman–Crippen LogP) is 6.06. The van der Waals surface area contributed by atoms with Crippen LogP contribution in [0.1, 0.15) is 76.4 Å². The third-order valence-corrected chi connectivity index (χ3v) is 7.65. The number of nitrogens with zero attached hydrogens (tertiary/aromatic N) is 3. The average molecular weight is 444 g/mol. The van der Waals surface area contributed by atoms with Crippen LogP contribution >= 0.6 is 11.3 Å². The van der Waals surface area contributed by atoms with Gasteiger partial charge < -0.3 is 14.5 Å². The molecule has 0 unspecified atom stereocenters. The summed E-state index contributed by atoms with van der Waals surface area (Å²) in [5, 5.41) is 1.26. The van der Waals surface area contributed by atoms with E-state index in [0.29, 0.717) is 17.8 Å². The number of rotatable bonds is 2. The van der Waals surface area contributed by atoms with Crippen LogP contribution in [-0.2, 0) is 4.74 Å². The highest BCUT2D eigenvalue weighted by molar-refractivity contribution is 7.18. The molecule has 2 aromatic rings. The summed E-state index contributed by atoms with van der Waals surface area (Å²) in [6.45, 7) is 13.3. The number of likely N-dealkylation sites (N-methyl/N-ethyl adjacent to an activating group) is 1. The van der Waals surface area contributed by atoms with Gasteiger partial charge in [-0.1, -0.05) is 19.9 Å². The number of benzene rings is 1. The van der Waals surface area contributed by atoms with Crippen molar-refractivity contribution < 1.29 is 9.53 Å². The highest BCUT2D eigenvalue weighted by Crippen LogP contribution is 2.38. The summed E-state index contributed by atoms with van der Waals surface area (Å²) < 4.78 is 6.98. The van der Waals surface area contributed by atoms with Crippen molar-refractivity contribution in [2.75, 3.05) is 26.7 Å². The van der Waals surface area contributed by atoms with Gasteiger partial charge in [-0.3, -0.25) is 0 Å². The molecule has 0 bridgehead atoms. The second kappa shape index (κ2) is 8.70. The number of piperidine rings is 2. The summed E-state index contributed by atoms with van der Waals surface area (Å²) in [4.78, 5) is 22.4. The van der Waals surface area contributed by atoms with E-state index in [0.717, 1.165) is 31.4 Å². The van der Waals surface area contributed by atoms with Gasteiger partial charge in [0.25, 0.3) is 0 Å². The number of thiazole rings is 1. The fourth-order valence-electron chi connectivity index (χ4n) is 5.16. The topological polar surface area (TPSA) is 45.7 Å². The van der Waals surface area contributed by atoms with E-state index in [-0.39, 0.29) is 12.1 Å². The highest BCUT2D eigenvalue weighted by atomic mass is 32.1.